The third kappa shape index (κ3) is 5.38. The van der Waals surface area contributed by atoms with Crippen LogP contribution in [-0.2, 0) is 0 Å². The number of hydrogen-bond donors (Lipinski definition) is 1. The Morgan fingerprint density at radius 1 is 0.400 bits per heavy atom. The molecule has 10 aromatic rings. The summed E-state index contributed by atoms with van der Waals surface area (Å²) in [5.74, 6) is 1.55. The zero-order valence-electron chi connectivity index (χ0n) is 29.8. The van der Waals surface area contributed by atoms with Crippen LogP contribution in [0.25, 0.3) is 76.5 Å². The van der Waals surface area contributed by atoms with Gasteiger partial charge in [0.05, 0.1) is 0 Å². The average Bonchev–Trinajstić information content (AvgIpc) is 3.63. The number of nitrogens with zero attached hydrogens (tertiary/aromatic N) is 2. The van der Waals surface area contributed by atoms with Crippen molar-refractivity contribution in [1.29, 1.82) is 0 Å². The predicted molar refractivity (Wildman–Crippen MR) is 229 cm³/mol. The van der Waals surface area contributed by atoms with Crippen LogP contribution >= 0.6 is 0 Å². The first kappa shape index (κ1) is 31.2. The Morgan fingerprint density at radius 2 is 1.00 bits per heavy atom. The highest BCUT2D eigenvalue weighted by atomic mass is 16.3. The van der Waals surface area contributed by atoms with Gasteiger partial charge < -0.3 is 9.73 Å². The summed E-state index contributed by atoms with van der Waals surface area (Å²) in [6.07, 6.45) is -0.523. The Balaban J connectivity index is 1.10. The molecule has 1 atom stereocenters. The summed E-state index contributed by atoms with van der Waals surface area (Å²) in [4.78, 5) is 10.7. The van der Waals surface area contributed by atoms with E-state index in [2.05, 4.69) is 175 Å². The van der Waals surface area contributed by atoms with Gasteiger partial charge in [-0.3, -0.25) is 0 Å². The molecule has 0 radical (unpaired) electrons. The lowest BCUT2D eigenvalue weighted by molar-refractivity contribution is 0.669. The normalized spacial score (nSPS) is 14.4. The summed E-state index contributed by atoms with van der Waals surface area (Å²) in [7, 11) is 0. The van der Waals surface area contributed by atoms with Crippen LogP contribution in [0.5, 0.6) is 0 Å². The van der Waals surface area contributed by atoms with Crippen LogP contribution in [0.1, 0.15) is 22.9 Å². The smallest absolute Gasteiger partial charge is 0.170 e. The molecule has 55 heavy (non-hydrogen) atoms. The quantitative estimate of drug-likeness (QED) is 0.194. The van der Waals surface area contributed by atoms with Gasteiger partial charge in [-0.2, -0.15) is 0 Å². The van der Waals surface area contributed by atoms with Crippen molar-refractivity contribution in [2.75, 3.05) is 0 Å². The van der Waals surface area contributed by atoms with Crippen LogP contribution in [0, 0.1) is 0 Å². The molecule has 0 amide bonds. The molecule has 0 saturated heterocycles. The number of furan rings is 1. The summed E-state index contributed by atoms with van der Waals surface area (Å²) >= 11 is 0. The third-order valence-electron chi connectivity index (χ3n) is 10.9. The maximum absolute atomic E-state index is 6.89. The van der Waals surface area contributed by atoms with Crippen molar-refractivity contribution in [2.24, 2.45) is 9.98 Å². The maximum atomic E-state index is 6.89. The second-order valence-corrected chi connectivity index (χ2v) is 14.2. The molecule has 2 heterocycles. The van der Waals surface area contributed by atoms with Crippen molar-refractivity contribution >= 4 is 65.9 Å². The van der Waals surface area contributed by atoms with Crippen LogP contribution in [0.3, 0.4) is 0 Å². The molecule has 0 aliphatic carbocycles. The van der Waals surface area contributed by atoms with E-state index >= 15 is 0 Å². The molecule has 1 unspecified atom stereocenters. The number of benzene rings is 9. The molecule has 1 N–H and O–H groups in total. The number of nitrogens with one attached hydrogen (secondary N) is 1. The average molecular weight is 704 g/mol. The fourth-order valence-corrected chi connectivity index (χ4v) is 8.15. The Hall–Kier alpha value is -7.30. The molecule has 1 aliphatic rings. The molecule has 0 bridgehead atoms. The zero-order chi connectivity index (χ0) is 36.3. The van der Waals surface area contributed by atoms with Crippen LogP contribution in [-0.4, -0.2) is 11.7 Å². The molecule has 0 saturated carbocycles. The van der Waals surface area contributed by atoms with Crippen LogP contribution in [0.15, 0.2) is 202 Å². The molecule has 258 valence electrons. The first-order chi connectivity index (χ1) is 27.2. The standard InChI is InChI=1S/C51H33N3O/c1-2-13-35(14-3-1)49-52-50(36-24-22-34(23-25-36)42-20-10-18-33-12-8-9-19-41(33)42)54-51(53-49)44-28-27-43(40-26-21-32-11-4-5-15-37(32)29-40)48-47(44)45-30-38-16-6-7-17-39(38)31-46(45)55-48/h1-31,51H,(H,52,53,54). The van der Waals surface area contributed by atoms with Crippen molar-refractivity contribution < 1.29 is 4.42 Å². The highest BCUT2D eigenvalue weighted by molar-refractivity contribution is 6.18. The molecule has 1 aliphatic heterocycles. The van der Waals surface area contributed by atoms with Crippen LogP contribution in [0.2, 0.25) is 0 Å². The van der Waals surface area contributed by atoms with E-state index in [1.54, 1.807) is 0 Å². The molecule has 4 nitrogen and oxygen atoms in total. The highest BCUT2D eigenvalue weighted by Gasteiger charge is 2.26. The van der Waals surface area contributed by atoms with Crippen molar-refractivity contribution in [3.8, 4) is 22.3 Å². The molecule has 9 aromatic carbocycles. The summed E-state index contributed by atoms with van der Waals surface area (Å²) in [5, 5.41) is 12.9. The number of fused-ring (bicyclic) bond motifs is 6. The van der Waals surface area contributed by atoms with E-state index in [0.29, 0.717) is 0 Å². The minimum absolute atomic E-state index is 0.523. The van der Waals surface area contributed by atoms with Crippen LogP contribution < -0.4 is 5.32 Å². The van der Waals surface area contributed by atoms with E-state index < -0.39 is 6.17 Å². The lowest BCUT2D eigenvalue weighted by atomic mass is 9.95. The Morgan fingerprint density at radius 3 is 1.78 bits per heavy atom. The monoisotopic (exact) mass is 703 g/mol. The van der Waals surface area contributed by atoms with Gasteiger partial charge in [-0.05, 0) is 67.2 Å². The maximum Gasteiger partial charge on any atom is 0.170 e. The second-order valence-electron chi connectivity index (χ2n) is 14.2. The lowest BCUT2D eigenvalue weighted by Gasteiger charge is -2.23. The van der Waals surface area contributed by atoms with Crippen molar-refractivity contribution in [3.63, 3.8) is 0 Å². The largest absolute Gasteiger partial charge is 0.455 e. The van der Waals surface area contributed by atoms with E-state index in [1.807, 2.05) is 18.2 Å². The van der Waals surface area contributed by atoms with Crippen molar-refractivity contribution in [3.05, 3.63) is 205 Å². The summed E-state index contributed by atoms with van der Waals surface area (Å²) < 4.78 is 6.89. The zero-order valence-corrected chi connectivity index (χ0v) is 29.8. The minimum atomic E-state index is -0.523. The Labute approximate surface area is 317 Å². The molecular formula is C51H33N3O. The summed E-state index contributed by atoms with van der Waals surface area (Å²) in [5.41, 5.74) is 9.18. The van der Waals surface area contributed by atoms with Crippen molar-refractivity contribution in [2.45, 2.75) is 6.17 Å². The van der Waals surface area contributed by atoms with E-state index in [0.717, 1.165) is 77.8 Å². The van der Waals surface area contributed by atoms with Crippen molar-refractivity contribution in [1.82, 2.24) is 5.32 Å². The fourth-order valence-electron chi connectivity index (χ4n) is 8.15. The highest BCUT2D eigenvalue weighted by Crippen LogP contribution is 2.43. The minimum Gasteiger partial charge on any atom is -0.455 e. The number of amidine groups is 2. The van der Waals surface area contributed by atoms with Gasteiger partial charge >= 0.3 is 0 Å². The van der Waals surface area contributed by atoms with Gasteiger partial charge in [-0.15, -0.1) is 0 Å². The van der Waals surface area contributed by atoms with Gasteiger partial charge in [-0.25, -0.2) is 9.98 Å². The van der Waals surface area contributed by atoms with Gasteiger partial charge in [0.25, 0.3) is 0 Å². The molecule has 1 aromatic heterocycles. The van der Waals surface area contributed by atoms with Gasteiger partial charge in [0.15, 0.2) is 6.17 Å². The fraction of sp³-hybridized carbons (Fsp3) is 0.0196. The van der Waals surface area contributed by atoms with E-state index in [9.17, 15) is 0 Å². The van der Waals surface area contributed by atoms with Gasteiger partial charge in [0, 0.05) is 33.0 Å². The van der Waals surface area contributed by atoms with Gasteiger partial charge in [-0.1, -0.05) is 170 Å². The van der Waals surface area contributed by atoms with Gasteiger partial charge in [0.1, 0.15) is 22.8 Å². The Bertz CT molecular complexity index is 3170. The molecule has 0 spiro atoms. The molecule has 11 rings (SSSR count). The third-order valence-corrected chi connectivity index (χ3v) is 10.9. The number of aliphatic imine (C=N–C) groups is 2. The molecule has 0 fully saturated rings. The van der Waals surface area contributed by atoms with E-state index in [1.165, 1.54) is 27.1 Å². The topological polar surface area (TPSA) is 49.9 Å². The number of hydrogen-bond acceptors (Lipinski definition) is 4. The SMILES string of the molecule is c1ccc(C2=NC(c3ccc(-c4ccc5ccccc5c4)c4oc5cc6ccccc6cc5c34)N=C(c3ccc(-c4cccc5ccccc45)cc3)N2)cc1. The van der Waals surface area contributed by atoms with E-state index in [4.69, 9.17) is 14.4 Å². The first-order valence-electron chi connectivity index (χ1n) is 18.7. The van der Waals surface area contributed by atoms with Crippen LogP contribution in [0.4, 0.5) is 0 Å². The lowest BCUT2D eigenvalue weighted by Crippen LogP contribution is -2.36. The second kappa shape index (κ2) is 12.7. The Kier molecular flexibility index (Phi) is 7.20. The summed E-state index contributed by atoms with van der Waals surface area (Å²) in [6, 6.07) is 66.4. The molecular weight excluding hydrogens is 671 g/mol. The number of rotatable bonds is 5. The summed E-state index contributed by atoms with van der Waals surface area (Å²) in [6.45, 7) is 0. The van der Waals surface area contributed by atoms with E-state index in [-0.39, 0.29) is 0 Å². The molecule has 4 heteroatoms. The first-order valence-corrected chi connectivity index (χ1v) is 18.7. The van der Waals surface area contributed by atoms with Gasteiger partial charge in [0.2, 0.25) is 0 Å². The predicted octanol–water partition coefficient (Wildman–Crippen LogP) is 12.9.